The molecule has 0 atom stereocenters. The van der Waals surface area contributed by atoms with Gasteiger partial charge in [-0.15, -0.1) is 0 Å². The maximum absolute atomic E-state index is 10.9. The molecule has 0 amide bonds. The van der Waals surface area contributed by atoms with E-state index in [4.69, 9.17) is 10.9 Å². The van der Waals surface area contributed by atoms with Crippen LogP contribution in [0.1, 0.15) is 20.3 Å². The first-order valence-corrected chi connectivity index (χ1v) is 4.41. The summed E-state index contributed by atoms with van der Waals surface area (Å²) in [6.07, 6.45) is 0.226. The molecule has 4 N–H and O–H groups in total. The number of nitrogens with one attached hydrogen (secondary N) is 1. The summed E-state index contributed by atoms with van der Waals surface area (Å²) in [4.78, 5) is 17.1. The summed E-state index contributed by atoms with van der Waals surface area (Å²) in [5, 5.41) is 9.04. The van der Waals surface area contributed by atoms with Gasteiger partial charge in [0.2, 0.25) is 0 Å². The second kappa shape index (κ2) is 5.92. The Morgan fingerprint density at radius 3 is 2.64 bits per heavy atom. The Hall–Kier alpha value is -0.690. The lowest BCUT2D eigenvalue weighted by Gasteiger charge is -2.33. The fourth-order valence-corrected chi connectivity index (χ4v) is 0.799. The number of likely N-dealkylation sites (N-methyl/N-ethyl adjacent to an activating group) is 1. The van der Waals surface area contributed by atoms with E-state index in [9.17, 15) is 4.79 Å². The standard InChI is InChI=1S/C8H19N3O3/c1-8(2,6-12)11(3)5-4-7(13)14-10-9/h10,12H,4-6,9H2,1-3H3. The third-order valence-electron chi connectivity index (χ3n) is 2.24. The van der Waals surface area contributed by atoms with Crippen LogP contribution in [0.15, 0.2) is 0 Å². The van der Waals surface area contributed by atoms with Crippen molar-refractivity contribution in [3.05, 3.63) is 0 Å². The lowest BCUT2D eigenvalue weighted by atomic mass is 10.1. The third-order valence-corrected chi connectivity index (χ3v) is 2.24. The highest BCUT2D eigenvalue weighted by molar-refractivity contribution is 5.69. The number of rotatable bonds is 6. The van der Waals surface area contributed by atoms with Crippen LogP contribution < -0.4 is 11.4 Å². The Labute approximate surface area is 83.9 Å². The summed E-state index contributed by atoms with van der Waals surface area (Å²) in [7, 11) is 1.83. The van der Waals surface area contributed by atoms with Crippen molar-refractivity contribution in [3.8, 4) is 0 Å². The quantitative estimate of drug-likeness (QED) is 0.381. The minimum absolute atomic E-state index is 0.0354. The fraction of sp³-hybridized carbons (Fsp3) is 0.875. The maximum atomic E-state index is 10.9. The first-order valence-electron chi connectivity index (χ1n) is 4.41. The molecule has 0 fully saturated rings. The Bertz CT molecular complexity index is 185. The summed E-state index contributed by atoms with van der Waals surface area (Å²) in [5.74, 6) is 4.38. The number of nitrogens with two attached hydrogens (primary N) is 1. The monoisotopic (exact) mass is 205 g/mol. The molecule has 84 valence electrons. The van der Waals surface area contributed by atoms with Crippen LogP contribution in [-0.4, -0.2) is 41.7 Å². The van der Waals surface area contributed by atoms with Gasteiger partial charge in [0.05, 0.1) is 13.0 Å². The molecule has 0 unspecified atom stereocenters. The Balaban J connectivity index is 3.84. The van der Waals surface area contributed by atoms with E-state index in [2.05, 4.69) is 4.84 Å². The zero-order valence-corrected chi connectivity index (χ0v) is 8.91. The minimum atomic E-state index is -0.423. The second-order valence-electron chi connectivity index (χ2n) is 3.73. The normalized spacial score (nSPS) is 11.9. The van der Waals surface area contributed by atoms with E-state index in [1.807, 2.05) is 31.4 Å². The topological polar surface area (TPSA) is 87.8 Å². The summed E-state index contributed by atoms with van der Waals surface area (Å²) in [6, 6.07) is 0. The molecule has 0 aromatic heterocycles. The number of carbonyl (C=O) groups excluding carboxylic acids is 1. The summed E-state index contributed by atoms with van der Waals surface area (Å²) in [6.45, 7) is 4.32. The molecular weight excluding hydrogens is 186 g/mol. The van der Waals surface area contributed by atoms with E-state index in [0.29, 0.717) is 6.54 Å². The SMILES string of the molecule is CN(CCC(=O)ONN)C(C)(C)CO. The van der Waals surface area contributed by atoms with E-state index in [-0.39, 0.29) is 18.6 Å². The molecule has 0 aromatic rings. The van der Waals surface area contributed by atoms with Crippen molar-refractivity contribution in [2.45, 2.75) is 25.8 Å². The Morgan fingerprint density at radius 2 is 2.21 bits per heavy atom. The van der Waals surface area contributed by atoms with Crippen LogP contribution in [0, 0.1) is 0 Å². The van der Waals surface area contributed by atoms with Crippen LogP contribution in [0.2, 0.25) is 0 Å². The molecule has 0 aliphatic heterocycles. The molecular formula is C8H19N3O3. The highest BCUT2D eigenvalue weighted by atomic mass is 16.7. The van der Waals surface area contributed by atoms with Gasteiger partial charge in [-0.1, -0.05) is 5.59 Å². The second-order valence-corrected chi connectivity index (χ2v) is 3.73. The van der Waals surface area contributed by atoms with Crippen LogP contribution in [0.4, 0.5) is 0 Å². The molecule has 0 spiro atoms. The number of aliphatic hydroxyl groups is 1. The van der Waals surface area contributed by atoms with Crippen molar-refractivity contribution in [1.29, 1.82) is 0 Å². The van der Waals surface area contributed by atoms with Gasteiger partial charge in [0.15, 0.2) is 0 Å². The van der Waals surface area contributed by atoms with Crippen molar-refractivity contribution in [3.63, 3.8) is 0 Å². The lowest BCUT2D eigenvalue weighted by Crippen LogP contribution is -2.45. The van der Waals surface area contributed by atoms with Crippen LogP contribution >= 0.6 is 0 Å². The maximum Gasteiger partial charge on any atom is 0.327 e. The number of carbonyl (C=O) groups is 1. The van der Waals surface area contributed by atoms with Gasteiger partial charge >= 0.3 is 5.97 Å². The van der Waals surface area contributed by atoms with E-state index < -0.39 is 5.97 Å². The molecule has 0 saturated heterocycles. The van der Waals surface area contributed by atoms with Gasteiger partial charge in [-0.3, -0.25) is 9.69 Å². The highest BCUT2D eigenvalue weighted by Crippen LogP contribution is 2.10. The zero-order valence-electron chi connectivity index (χ0n) is 8.91. The van der Waals surface area contributed by atoms with E-state index in [1.54, 1.807) is 0 Å². The van der Waals surface area contributed by atoms with Crippen molar-refractivity contribution in [1.82, 2.24) is 10.5 Å². The highest BCUT2D eigenvalue weighted by Gasteiger charge is 2.22. The van der Waals surface area contributed by atoms with Gasteiger partial charge in [-0.05, 0) is 20.9 Å². The Morgan fingerprint density at radius 1 is 1.64 bits per heavy atom. The zero-order chi connectivity index (χ0) is 11.2. The first kappa shape index (κ1) is 13.3. The molecule has 0 aliphatic carbocycles. The summed E-state index contributed by atoms with van der Waals surface area (Å²) >= 11 is 0. The molecule has 0 aliphatic rings. The van der Waals surface area contributed by atoms with Crippen LogP contribution in [0.25, 0.3) is 0 Å². The van der Waals surface area contributed by atoms with Crippen LogP contribution in [-0.2, 0) is 9.63 Å². The van der Waals surface area contributed by atoms with Crippen LogP contribution in [0.5, 0.6) is 0 Å². The van der Waals surface area contributed by atoms with Crippen molar-refractivity contribution in [2.24, 2.45) is 5.84 Å². The predicted molar refractivity (Wildman–Crippen MR) is 51.8 cm³/mol. The van der Waals surface area contributed by atoms with E-state index in [0.717, 1.165) is 0 Å². The summed E-state index contributed by atoms with van der Waals surface area (Å²) in [5.41, 5.74) is 1.49. The molecule has 0 rings (SSSR count). The molecule has 14 heavy (non-hydrogen) atoms. The number of hydrogen-bond donors (Lipinski definition) is 3. The van der Waals surface area contributed by atoms with Gasteiger partial charge in [0.1, 0.15) is 0 Å². The molecule has 0 aromatic carbocycles. The molecule has 0 radical (unpaired) electrons. The van der Waals surface area contributed by atoms with Gasteiger partial charge in [-0.2, -0.15) is 0 Å². The van der Waals surface area contributed by atoms with Gasteiger partial charge in [-0.25, -0.2) is 5.84 Å². The minimum Gasteiger partial charge on any atom is -0.394 e. The molecule has 6 nitrogen and oxygen atoms in total. The fourth-order valence-electron chi connectivity index (χ4n) is 0.799. The number of hydrazine groups is 1. The lowest BCUT2D eigenvalue weighted by molar-refractivity contribution is -0.151. The first-order chi connectivity index (χ1) is 6.44. The average molecular weight is 205 g/mol. The number of aliphatic hydroxyl groups excluding tert-OH is 1. The van der Waals surface area contributed by atoms with Gasteiger partial charge < -0.3 is 9.94 Å². The molecule has 0 heterocycles. The van der Waals surface area contributed by atoms with Gasteiger partial charge in [0.25, 0.3) is 0 Å². The molecule has 0 saturated carbocycles. The third kappa shape index (κ3) is 4.52. The number of hydrogen-bond acceptors (Lipinski definition) is 6. The molecule has 0 bridgehead atoms. The predicted octanol–water partition coefficient (Wildman–Crippen LogP) is -0.999. The van der Waals surface area contributed by atoms with Gasteiger partial charge in [0, 0.05) is 12.1 Å². The van der Waals surface area contributed by atoms with Crippen molar-refractivity contribution in [2.75, 3.05) is 20.2 Å². The molecule has 6 heteroatoms. The van der Waals surface area contributed by atoms with Crippen molar-refractivity contribution >= 4 is 5.97 Å². The summed E-state index contributed by atoms with van der Waals surface area (Å²) < 4.78 is 0. The smallest absolute Gasteiger partial charge is 0.327 e. The van der Waals surface area contributed by atoms with Crippen LogP contribution in [0.3, 0.4) is 0 Å². The average Bonchev–Trinajstić information content (AvgIpc) is 2.14. The van der Waals surface area contributed by atoms with Crippen molar-refractivity contribution < 1.29 is 14.7 Å². The Kier molecular flexibility index (Phi) is 5.63. The number of nitrogens with zero attached hydrogens (tertiary/aromatic N) is 1. The van der Waals surface area contributed by atoms with E-state index in [1.165, 1.54) is 0 Å². The largest absolute Gasteiger partial charge is 0.394 e. The van der Waals surface area contributed by atoms with E-state index >= 15 is 0 Å².